The molecule has 1 aliphatic rings. The van der Waals surface area contributed by atoms with Crippen molar-refractivity contribution in [3.8, 4) is 0 Å². The molecule has 1 aliphatic carbocycles. The summed E-state index contributed by atoms with van der Waals surface area (Å²) in [7, 11) is 0. The maximum Gasteiger partial charge on any atom is 0.250 e. The Morgan fingerprint density at radius 2 is 2.07 bits per heavy atom. The lowest BCUT2D eigenvalue weighted by Gasteiger charge is -2.29. The van der Waals surface area contributed by atoms with E-state index in [-0.39, 0.29) is 17.6 Å². The van der Waals surface area contributed by atoms with Gasteiger partial charge in [-0.3, -0.25) is 4.79 Å². The molecule has 0 aliphatic heterocycles. The second kappa shape index (κ2) is 3.96. The van der Waals surface area contributed by atoms with Gasteiger partial charge in [-0.25, -0.2) is 0 Å². The lowest BCUT2D eigenvalue weighted by Crippen LogP contribution is -2.39. The van der Waals surface area contributed by atoms with Gasteiger partial charge in [0.1, 0.15) is 0 Å². The Labute approximate surface area is 83.5 Å². The van der Waals surface area contributed by atoms with Crippen LogP contribution < -0.4 is 11.3 Å². The number of rotatable bonds is 1. The van der Waals surface area contributed by atoms with Gasteiger partial charge >= 0.3 is 0 Å². The van der Waals surface area contributed by atoms with Crippen molar-refractivity contribution in [1.82, 2.24) is 4.57 Å². The molecule has 14 heavy (non-hydrogen) atoms. The summed E-state index contributed by atoms with van der Waals surface area (Å²) in [6, 6.07) is 5.61. The van der Waals surface area contributed by atoms with Gasteiger partial charge in [0, 0.05) is 18.3 Å². The molecular formula is C11H16N2O. The Morgan fingerprint density at radius 3 is 2.79 bits per heavy atom. The zero-order valence-electron chi connectivity index (χ0n) is 8.23. The Kier molecular flexibility index (Phi) is 2.68. The van der Waals surface area contributed by atoms with E-state index in [0.29, 0.717) is 0 Å². The van der Waals surface area contributed by atoms with E-state index < -0.39 is 0 Å². The van der Waals surface area contributed by atoms with E-state index in [0.717, 1.165) is 12.8 Å². The van der Waals surface area contributed by atoms with Crippen LogP contribution in [0, 0.1) is 0 Å². The zero-order chi connectivity index (χ0) is 9.97. The molecule has 3 heteroatoms. The van der Waals surface area contributed by atoms with Gasteiger partial charge in [0.25, 0.3) is 5.56 Å². The molecule has 2 N–H and O–H groups in total. The van der Waals surface area contributed by atoms with Crippen LogP contribution in [0.25, 0.3) is 0 Å². The predicted molar refractivity (Wildman–Crippen MR) is 56.2 cm³/mol. The smallest absolute Gasteiger partial charge is 0.250 e. The van der Waals surface area contributed by atoms with Gasteiger partial charge in [-0.2, -0.15) is 0 Å². The fraction of sp³-hybridized carbons (Fsp3) is 0.545. The van der Waals surface area contributed by atoms with Crippen molar-refractivity contribution in [2.24, 2.45) is 5.73 Å². The highest BCUT2D eigenvalue weighted by Crippen LogP contribution is 2.25. The largest absolute Gasteiger partial charge is 0.326 e. The molecule has 0 bridgehead atoms. The van der Waals surface area contributed by atoms with Gasteiger partial charge in [-0.05, 0) is 18.9 Å². The van der Waals surface area contributed by atoms with E-state index >= 15 is 0 Å². The van der Waals surface area contributed by atoms with Crippen LogP contribution in [-0.4, -0.2) is 10.6 Å². The first kappa shape index (κ1) is 9.46. The SMILES string of the molecule is NC1CCCCC1n1ccccc1=O. The first-order chi connectivity index (χ1) is 6.79. The Balaban J connectivity index is 2.29. The predicted octanol–water partition coefficient (Wildman–Crippen LogP) is 1.29. The normalized spacial score (nSPS) is 27.5. The molecule has 0 aromatic carbocycles. The molecule has 0 saturated heterocycles. The van der Waals surface area contributed by atoms with Crippen molar-refractivity contribution in [3.05, 3.63) is 34.7 Å². The first-order valence-corrected chi connectivity index (χ1v) is 5.22. The van der Waals surface area contributed by atoms with Gasteiger partial charge in [0.15, 0.2) is 0 Å². The van der Waals surface area contributed by atoms with Crippen molar-refractivity contribution in [3.63, 3.8) is 0 Å². The van der Waals surface area contributed by atoms with Crippen LogP contribution in [0.2, 0.25) is 0 Å². The van der Waals surface area contributed by atoms with Crippen LogP contribution in [0.15, 0.2) is 29.2 Å². The average Bonchev–Trinajstić information content (AvgIpc) is 2.20. The van der Waals surface area contributed by atoms with Crippen molar-refractivity contribution in [2.45, 2.75) is 37.8 Å². The standard InChI is InChI=1S/C11H16N2O/c12-9-5-1-2-6-10(9)13-8-4-3-7-11(13)14/h3-4,7-10H,1-2,5-6,12H2. The van der Waals surface area contributed by atoms with Gasteiger partial charge in [-0.15, -0.1) is 0 Å². The topological polar surface area (TPSA) is 48.0 Å². The lowest BCUT2D eigenvalue weighted by atomic mass is 9.91. The van der Waals surface area contributed by atoms with Crippen LogP contribution in [0.3, 0.4) is 0 Å². The summed E-state index contributed by atoms with van der Waals surface area (Å²) in [4.78, 5) is 11.6. The molecule has 1 heterocycles. The minimum atomic E-state index is 0.0647. The first-order valence-electron chi connectivity index (χ1n) is 5.22. The van der Waals surface area contributed by atoms with Crippen LogP contribution in [0.5, 0.6) is 0 Å². The average molecular weight is 192 g/mol. The van der Waals surface area contributed by atoms with Crippen LogP contribution >= 0.6 is 0 Å². The third-order valence-corrected chi connectivity index (χ3v) is 2.99. The van der Waals surface area contributed by atoms with Crippen LogP contribution in [-0.2, 0) is 0 Å². The molecule has 2 unspecified atom stereocenters. The summed E-state index contributed by atoms with van der Waals surface area (Å²) in [6.07, 6.45) is 6.29. The van der Waals surface area contributed by atoms with Gasteiger partial charge in [0.2, 0.25) is 0 Å². The quantitative estimate of drug-likeness (QED) is 0.729. The lowest BCUT2D eigenvalue weighted by molar-refractivity contribution is 0.300. The Hall–Kier alpha value is -1.09. The third-order valence-electron chi connectivity index (χ3n) is 2.99. The Bertz CT molecular complexity index is 358. The maximum atomic E-state index is 11.6. The van der Waals surface area contributed by atoms with Gasteiger partial charge in [0.05, 0.1) is 6.04 Å². The van der Waals surface area contributed by atoms with Crippen molar-refractivity contribution in [1.29, 1.82) is 0 Å². The van der Waals surface area contributed by atoms with Crippen molar-refractivity contribution in [2.75, 3.05) is 0 Å². The number of aromatic nitrogens is 1. The van der Waals surface area contributed by atoms with Crippen LogP contribution in [0.1, 0.15) is 31.7 Å². The van der Waals surface area contributed by atoms with E-state index in [9.17, 15) is 4.79 Å². The molecule has 76 valence electrons. The molecule has 1 fully saturated rings. The monoisotopic (exact) mass is 192 g/mol. The summed E-state index contributed by atoms with van der Waals surface area (Å²) in [6.45, 7) is 0. The molecule has 1 saturated carbocycles. The third kappa shape index (κ3) is 1.73. The second-order valence-electron chi connectivity index (χ2n) is 3.96. The van der Waals surface area contributed by atoms with E-state index in [4.69, 9.17) is 5.73 Å². The highest BCUT2D eigenvalue weighted by Gasteiger charge is 2.23. The number of nitrogens with two attached hydrogens (primary N) is 1. The van der Waals surface area contributed by atoms with E-state index in [2.05, 4.69) is 0 Å². The van der Waals surface area contributed by atoms with E-state index in [1.807, 2.05) is 12.3 Å². The molecule has 0 radical (unpaired) electrons. The molecule has 0 spiro atoms. The minimum absolute atomic E-state index is 0.0647. The van der Waals surface area contributed by atoms with Gasteiger partial charge in [-0.1, -0.05) is 18.9 Å². The summed E-state index contributed by atoms with van der Waals surface area (Å²) >= 11 is 0. The molecule has 2 rings (SSSR count). The van der Waals surface area contributed by atoms with Crippen molar-refractivity contribution < 1.29 is 0 Å². The summed E-state index contributed by atoms with van der Waals surface area (Å²) in [5.74, 6) is 0. The molecular weight excluding hydrogens is 176 g/mol. The number of nitrogens with zero attached hydrogens (tertiary/aromatic N) is 1. The minimum Gasteiger partial charge on any atom is -0.326 e. The Morgan fingerprint density at radius 1 is 1.29 bits per heavy atom. The van der Waals surface area contributed by atoms with Crippen molar-refractivity contribution >= 4 is 0 Å². The fourth-order valence-corrected chi connectivity index (χ4v) is 2.20. The zero-order valence-corrected chi connectivity index (χ0v) is 8.23. The molecule has 3 nitrogen and oxygen atoms in total. The summed E-state index contributed by atoms with van der Waals surface area (Å²) in [5.41, 5.74) is 6.08. The van der Waals surface area contributed by atoms with Gasteiger partial charge < -0.3 is 10.3 Å². The molecule has 1 aromatic heterocycles. The second-order valence-corrected chi connectivity index (χ2v) is 3.96. The maximum absolute atomic E-state index is 11.6. The fourth-order valence-electron chi connectivity index (χ4n) is 2.20. The molecule has 2 atom stereocenters. The summed E-state index contributed by atoms with van der Waals surface area (Å²) < 4.78 is 1.78. The van der Waals surface area contributed by atoms with Crippen LogP contribution in [0.4, 0.5) is 0 Å². The van der Waals surface area contributed by atoms with E-state index in [1.54, 1.807) is 16.7 Å². The number of hydrogen-bond donors (Lipinski definition) is 1. The number of hydrogen-bond acceptors (Lipinski definition) is 2. The molecule has 0 amide bonds. The molecule has 1 aromatic rings. The highest BCUT2D eigenvalue weighted by molar-refractivity contribution is 4.97. The highest BCUT2D eigenvalue weighted by atomic mass is 16.1. The number of pyridine rings is 1. The summed E-state index contributed by atoms with van der Waals surface area (Å²) in [5, 5.41) is 0. The van der Waals surface area contributed by atoms with E-state index in [1.165, 1.54) is 12.8 Å².